The molecule has 1 aromatic carbocycles. The number of sulfonamides is 1. The first-order chi connectivity index (χ1) is 10.7. The molecule has 0 saturated carbocycles. The third kappa shape index (κ3) is 4.53. The molecular formula is C15H24N2O4S2. The highest BCUT2D eigenvalue weighted by Crippen LogP contribution is 2.25. The minimum atomic E-state index is -3.64. The number of benzene rings is 1. The molecule has 0 atom stereocenters. The summed E-state index contributed by atoms with van der Waals surface area (Å²) in [5.74, 6) is 0.490. The third-order valence-corrected chi connectivity index (χ3v) is 7.13. The second kappa shape index (κ2) is 7.29. The highest BCUT2D eigenvalue weighted by atomic mass is 32.2. The standard InChI is InChI=1S/C15H24N2O4S2/c1-3-16-12-13-7-9-17(10-8-13)23(20,21)15-6-4-5-14(11-15)22(2,18)19/h4-6,11,13,16H,3,7-10,12H2,1-2H3. The number of hydrogen-bond donors (Lipinski definition) is 1. The summed E-state index contributed by atoms with van der Waals surface area (Å²) in [5.41, 5.74) is 0. The van der Waals surface area contributed by atoms with Crippen molar-refractivity contribution in [2.24, 2.45) is 5.92 Å². The fourth-order valence-corrected chi connectivity index (χ4v) is 4.97. The molecule has 23 heavy (non-hydrogen) atoms. The summed E-state index contributed by atoms with van der Waals surface area (Å²) >= 11 is 0. The maximum atomic E-state index is 12.7. The zero-order valence-corrected chi connectivity index (χ0v) is 15.2. The molecule has 0 aromatic heterocycles. The van der Waals surface area contributed by atoms with Crippen LogP contribution in [0, 0.1) is 5.92 Å². The zero-order valence-electron chi connectivity index (χ0n) is 13.5. The van der Waals surface area contributed by atoms with Crippen molar-refractivity contribution in [3.63, 3.8) is 0 Å². The lowest BCUT2D eigenvalue weighted by Crippen LogP contribution is -2.40. The smallest absolute Gasteiger partial charge is 0.243 e. The summed E-state index contributed by atoms with van der Waals surface area (Å²) in [6, 6.07) is 5.59. The molecule has 0 spiro atoms. The topological polar surface area (TPSA) is 83.6 Å². The number of hydrogen-bond acceptors (Lipinski definition) is 5. The quantitative estimate of drug-likeness (QED) is 0.821. The molecular weight excluding hydrogens is 336 g/mol. The molecule has 1 N–H and O–H groups in total. The maximum absolute atomic E-state index is 12.7. The summed E-state index contributed by atoms with van der Waals surface area (Å²) < 4.78 is 50.1. The van der Waals surface area contributed by atoms with E-state index in [0.717, 1.165) is 32.2 Å². The number of sulfone groups is 1. The van der Waals surface area contributed by atoms with Crippen molar-refractivity contribution in [2.45, 2.75) is 29.6 Å². The van der Waals surface area contributed by atoms with E-state index in [0.29, 0.717) is 19.0 Å². The molecule has 1 aliphatic heterocycles. The van der Waals surface area contributed by atoms with Crippen LogP contribution in [0.2, 0.25) is 0 Å². The predicted octanol–water partition coefficient (Wildman–Crippen LogP) is 1.10. The van der Waals surface area contributed by atoms with Crippen LogP contribution in [0.4, 0.5) is 0 Å². The number of nitrogens with one attached hydrogen (secondary N) is 1. The summed E-state index contributed by atoms with van der Waals surface area (Å²) in [6.45, 7) is 4.82. The van der Waals surface area contributed by atoms with Gasteiger partial charge in [0.25, 0.3) is 0 Å². The largest absolute Gasteiger partial charge is 0.317 e. The lowest BCUT2D eigenvalue weighted by Gasteiger charge is -2.31. The SMILES string of the molecule is CCNCC1CCN(S(=O)(=O)c2cccc(S(C)(=O)=O)c2)CC1. The Kier molecular flexibility index (Phi) is 5.83. The van der Waals surface area contributed by atoms with E-state index >= 15 is 0 Å². The molecule has 130 valence electrons. The Morgan fingerprint density at radius 3 is 2.30 bits per heavy atom. The van der Waals surface area contributed by atoms with Crippen LogP contribution in [0.5, 0.6) is 0 Å². The Labute approximate surface area is 138 Å². The van der Waals surface area contributed by atoms with E-state index in [1.54, 1.807) is 0 Å². The van der Waals surface area contributed by atoms with E-state index in [9.17, 15) is 16.8 Å². The normalized spacial score (nSPS) is 18.2. The van der Waals surface area contributed by atoms with Gasteiger partial charge in [-0.05, 0) is 50.0 Å². The molecule has 1 saturated heterocycles. The molecule has 0 aliphatic carbocycles. The van der Waals surface area contributed by atoms with Crippen molar-refractivity contribution in [3.8, 4) is 0 Å². The van der Waals surface area contributed by atoms with E-state index < -0.39 is 19.9 Å². The molecule has 1 aliphatic rings. The van der Waals surface area contributed by atoms with Crippen molar-refractivity contribution in [3.05, 3.63) is 24.3 Å². The van der Waals surface area contributed by atoms with Gasteiger partial charge in [-0.2, -0.15) is 4.31 Å². The molecule has 8 heteroatoms. The van der Waals surface area contributed by atoms with Crippen LogP contribution >= 0.6 is 0 Å². The Morgan fingerprint density at radius 2 is 1.74 bits per heavy atom. The Balaban J connectivity index is 2.14. The number of rotatable bonds is 6. The maximum Gasteiger partial charge on any atom is 0.243 e. The Bertz CT molecular complexity index is 736. The summed E-state index contributed by atoms with van der Waals surface area (Å²) in [4.78, 5) is 0.0752. The zero-order chi connectivity index (χ0) is 17.1. The summed E-state index contributed by atoms with van der Waals surface area (Å²) in [6.07, 6.45) is 2.71. The Morgan fingerprint density at radius 1 is 1.13 bits per heavy atom. The minimum absolute atomic E-state index is 0.0283. The van der Waals surface area contributed by atoms with Crippen LogP contribution in [-0.2, 0) is 19.9 Å². The molecule has 6 nitrogen and oxygen atoms in total. The highest BCUT2D eigenvalue weighted by molar-refractivity contribution is 7.91. The van der Waals surface area contributed by atoms with E-state index in [2.05, 4.69) is 5.32 Å². The molecule has 0 radical (unpaired) electrons. The van der Waals surface area contributed by atoms with Crippen LogP contribution in [0.15, 0.2) is 34.1 Å². The first-order valence-corrected chi connectivity index (χ1v) is 11.1. The van der Waals surface area contributed by atoms with Gasteiger partial charge in [-0.3, -0.25) is 0 Å². The fraction of sp³-hybridized carbons (Fsp3) is 0.600. The van der Waals surface area contributed by atoms with Crippen molar-refractivity contribution >= 4 is 19.9 Å². The second-order valence-corrected chi connectivity index (χ2v) is 9.86. The van der Waals surface area contributed by atoms with Crippen LogP contribution in [0.3, 0.4) is 0 Å². The average Bonchev–Trinajstić information content (AvgIpc) is 2.52. The van der Waals surface area contributed by atoms with Gasteiger partial charge in [0.15, 0.2) is 9.84 Å². The monoisotopic (exact) mass is 360 g/mol. The van der Waals surface area contributed by atoms with E-state index in [1.165, 1.54) is 28.6 Å². The van der Waals surface area contributed by atoms with Gasteiger partial charge >= 0.3 is 0 Å². The molecule has 1 aromatic rings. The number of piperidine rings is 1. The van der Waals surface area contributed by atoms with Gasteiger partial charge in [0, 0.05) is 19.3 Å². The van der Waals surface area contributed by atoms with Gasteiger partial charge in [0.1, 0.15) is 0 Å². The predicted molar refractivity (Wildman–Crippen MR) is 89.6 cm³/mol. The second-order valence-electron chi connectivity index (χ2n) is 5.90. The lowest BCUT2D eigenvalue weighted by atomic mass is 9.98. The highest BCUT2D eigenvalue weighted by Gasteiger charge is 2.29. The summed E-state index contributed by atoms with van der Waals surface area (Å²) in [5, 5.41) is 3.29. The first kappa shape index (κ1) is 18.4. The van der Waals surface area contributed by atoms with Gasteiger partial charge in [-0.1, -0.05) is 13.0 Å². The molecule has 0 bridgehead atoms. The Hall–Kier alpha value is -0.960. The molecule has 0 amide bonds. The number of nitrogens with zero attached hydrogens (tertiary/aromatic N) is 1. The lowest BCUT2D eigenvalue weighted by molar-refractivity contribution is 0.268. The van der Waals surface area contributed by atoms with Crippen molar-refractivity contribution in [2.75, 3.05) is 32.4 Å². The molecule has 1 fully saturated rings. The minimum Gasteiger partial charge on any atom is -0.317 e. The molecule has 0 unspecified atom stereocenters. The van der Waals surface area contributed by atoms with Gasteiger partial charge < -0.3 is 5.32 Å². The van der Waals surface area contributed by atoms with Crippen molar-refractivity contribution < 1.29 is 16.8 Å². The van der Waals surface area contributed by atoms with Gasteiger partial charge in [0.2, 0.25) is 10.0 Å². The van der Waals surface area contributed by atoms with Crippen molar-refractivity contribution in [1.29, 1.82) is 0 Å². The first-order valence-electron chi connectivity index (χ1n) is 7.76. The van der Waals surface area contributed by atoms with E-state index in [4.69, 9.17) is 0 Å². The van der Waals surface area contributed by atoms with E-state index in [-0.39, 0.29) is 9.79 Å². The van der Waals surface area contributed by atoms with Crippen LogP contribution < -0.4 is 5.32 Å². The van der Waals surface area contributed by atoms with Gasteiger partial charge in [0.05, 0.1) is 9.79 Å². The van der Waals surface area contributed by atoms with E-state index in [1.807, 2.05) is 6.92 Å². The van der Waals surface area contributed by atoms with Crippen LogP contribution in [0.25, 0.3) is 0 Å². The third-order valence-electron chi connectivity index (χ3n) is 4.13. The molecule has 2 rings (SSSR count). The van der Waals surface area contributed by atoms with Gasteiger partial charge in [-0.25, -0.2) is 16.8 Å². The van der Waals surface area contributed by atoms with Crippen molar-refractivity contribution in [1.82, 2.24) is 9.62 Å². The average molecular weight is 361 g/mol. The van der Waals surface area contributed by atoms with Crippen LogP contribution in [0.1, 0.15) is 19.8 Å². The molecule has 1 heterocycles. The summed E-state index contributed by atoms with van der Waals surface area (Å²) in [7, 11) is -7.07. The fourth-order valence-electron chi connectivity index (χ4n) is 2.72. The van der Waals surface area contributed by atoms with Gasteiger partial charge in [-0.15, -0.1) is 0 Å². The van der Waals surface area contributed by atoms with Crippen LogP contribution in [-0.4, -0.2) is 53.6 Å².